The van der Waals surface area contributed by atoms with E-state index in [0.29, 0.717) is 13.0 Å². The lowest BCUT2D eigenvalue weighted by Crippen LogP contribution is -2.57. The van der Waals surface area contributed by atoms with Gasteiger partial charge in [-0.1, -0.05) is 24.1 Å². The molecule has 0 bridgehead atoms. The van der Waals surface area contributed by atoms with Gasteiger partial charge in [0.2, 0.25) is 26.0 Å². The maximum atomic E-state index is 12.9. The molecule has 2 fully saturated rings. The van der Waals surface area contributed by atoms with E-state index in [-0.39, 0.29) is 37.0 Å². The van der Waals surface area contributed by atoms with Gasteiger partial charge in [0.1, 0.15) is 6.04 Å². The van der Waals surface area contributed by atoms with Gasteiger partial charge in [0.05, 0.1) is 11.2 Å². The second kappa shape index (κ2) is 8.10. The normalized spacial score (nSPS) is 22.9. The van der Waals surface area contributed by atoms with Crippen molar-refractivity contribution in [2.75, 3.05) is 39.0 Å². The second-order valence-electron chi connectivity index (χ2n) is 7.43. The molecule has 0 N–H and O–H groups in total. The molecule has 3 rings (SSSR count). The van der Waals surface area contributed by atoms with Gasteiger partial charge < -0.3 is 4.90 Å². The average molecular weight is 430 g/mol. The monoisotopic (exact) mass is 429 g/mol. The van der Waals surface area contributed by atoms with Gasteiger partial charge in [0, 0.05) is 32.7 Å². The molecule has 2 aliphatic heterocycles. The Morgan fingerprint density at radius 2 is 1.54 bits per heavy atom. The largest absolute Gasteiger partial charge is 0.339 e. The zero-order chi connectivity index (χ0) is 20.5. The van der Waals surface area contributed by atoms with Crippen molar-refractivity contribution in [2.24, 2.45) is 0 Å². The molecule has 1 atom stereocenters. The Balaban J connectivity index is 1.67. The molecule has 1 unspecified atom stereocenters. The van der Waals surface area contributed by atoms with Gasteiger partial charge in [-0.3, -0.25) is 4.79 Å². The quantitative estimate of drug-likeness (QED) is 0.700. The smallest absolute Gasteiger partial charge is 0.243 e. The Morgan fingerprint density at radius 3 is 2.11 bits per heavy atom. The van der Waals surface area contributed by atoms with Crippen molar-refractivity contribution in [2.45, 2.75) is 37.1 Å². The molecular weight excluding hydrogens is 402 g/mol. The highest BCUT2D eigenvalue weighted by molar-refractivity contribution is 7.89. The Morgan fingerprint density at radius 1 is 0.929 bits per heavy atom. The highest BCUT2D eigenvalue weighted by Gasteiger charge is 2.38. The van der Waals surface area contributed by atoms with Gasteiger partial charge in [0.15, 0.2) is 0 Å². The first-order chi connectivity index (χ1) is 13.1. The number of hydrogen-bond acceptors (Lipinski definition) is 5. The van der Waals surface area contributed by atoms with Crippen molar-refractivity contribution in [3.05, 3.63) is 29.8 Å². The number of sulfonamides is 2. The third kappa shape index (κ3) is 4.40. The van der Waals surface area contributed by atoms with E-state index in [0.717, 1.165) is 24.7 Å². The summed E-state index contributed by atoms with van der Waals surface area (Å²) in [5, 5.41) is 0. The van der Waals surface area contributed by atoms with Crippen LogP contribution in [0.1, 0.15) is 24.8 Å². The number of piperazine rings is 1. The maximum absolute atomic E-state index is 12.9. The number of carbonyl (C=O) groups is 1. The Kier molecular flexibility index (Phi) is 6.14. The highest BCUT2D eigenvalue weighted by atomic mass is 32.2. The van der Waals surface area contributed by atoms with Crippen LogP contribution in [-0.2, 0) is 24.8 Å². The number of piperidine rings is 1. The van der Waals surface area contributed by atoms with E-state index in [1.807, 2.05) is 6.92 Å². The van der Waals surface area contributed by atoms with Gasteiger partial charge in [0.25, 0.3) is 0 Å². The summed E-state index contributed by atoms with van der Waals surface area (Å²) >= 11 is 0. The van der Waals surface area contributed by atoms with Gasteiger partial charge in [-0.2, -0.15) is 8.61 Å². The molecule has 1 aromatic carbocycles. The van der Waals surface area contributed by atoms with Crippen molar-refractivity contribution in [3.63, 3.8) is 0 Å². The number of aryl methyl sites for hydroxylation is 1. The van der Waals surface area contributed by atoms with Crippen LogP contribution in [0.5, 0.6) is 0 Å². The minimum Gasteiger partial charge on any atom is -0.339 e. The predicted molar refractivity (Wildman–Crippen MR) is 106 cm³/mol. The molecule has 0 spiro atoms. The molecule has 2 saturated heterocycles. The molecule has 0 radical (unpaired) electrons. The Hall–Kier alpha value is -1.49. The molecule has 0 aromatic heterocycles. The molecule has 8 nitrogen and oxygen atoms in total. The number of rotatable bonds is 4. The zero-order valence-corrected chi connectivity index (χ0v) is 17.9. The number of amides is 1. The minimum atomic E-state index is -3.60. The summed E-state index contributed by atoms with van der Waals surface area (Å²) in [6, 6.07) is 6.02. The lowest BCUT2D eigenvalue weighted by Gasteiger charge is -2.39. The third-order valence-electron chi connectivity index (χ3n) is 5.37. The van der Waals surface area contributed by atoms with Gasteiger partial charge >= 0.3 is 0 Å². The summed E-state index contributed by atoms with van der Waals surface area (Å²) in [6.45, 7) is 3.18. The minimum absolute atomic E-state index is 0.202. The predicted octanol–water partition coefficient (Wildman–Crippen LogP) is 0.642. The second-order valence-corrected chi connectivity index (χ2v) is 11.3. The van der Waals surface area contributed by atoms with Crippen LogP contribution < -0.4 is 0 Å². The number of nitrogens with zero attached hydrogens (tertiary/aromatic N) is 3. The van der Waals surface area contributed by atoms with Crippen LogP contribution in [0, 0.1) is 6.92 Å². The Bertz CT molecular complexity index is 920. The van der Waals surface area contributed by atoms with Crippen LogP contribution in [0.4, 0.5) is 0 Å². The summed E-state index contributed by atoms with van der Waals surface area (Å²) < 4.78 is 52.3. The van der Waals surface area contributed by atoms with Crippen LogP contribution in [0.2, 0.25) is 0 Å². The van der Waals surface area contributed by atoms with Gasteiger partial charge in [-0.05, 0) is 31.9 Å². The first kappa shape index (κ1) is 21.2. The molecule has 2 aliphatic rings. The van der Waals surface area contributed by atoms with Crippen LogP contribution >= 0.6 is 0 Å². The first-order valence-electron chi connectivity index (χ1n) is 9.43. The maximum Gasteiger partial charge on any atom is 0.243 e. The molecule has 0 aliphatic carbocycles. The van der Waals surface area contributed by atoms with Crippen LogP contribution in [-0.4, -0.2) is 81.3 Å². The van der Waals surface area contributed by atoms with Crippen LogP contribution in [0.25, 0.3) is 0 Å². The van der Waals surface area contributed by atoms with E-state index in [1.54, 1.807) is 29.2 Å². The van der Waals surface area contributed by atoms with Gasteiger partial charge in [-0.15, -0.1) is 0 Å². The zero-order valence-electron chi connectivity index (χ0n) is 16.2. The summed E-state index contributed by atoms with van der Waals surface area (Å²) in [7, 11) is -7.05. The summed E-state index contributed by atoms with van der Waals surface area (Å²) in [5.41, 5.74) is 0.984. The molecule has 156 valence electrons. The number of carbonyl (C=O) groups excluding carboxylic acids is 1. The lowest BCUT2D eigenvalue weighted by atomic mass is 10.0. The van der Waals surface area contributed by atoms with Crippen molar-refractivity contribution in [1.29, 1.82) is 0 Å². The summed E-state index contributed by atoms with van der Waals surface area (Å²) in [6.07, 6.45) is 3.20. The van der Waals surface area contributed by atoms with Crippen molar-refractivity contribution in [1.82, 2.24) is 13.5 Å². The van der Waals surface area contributed by atoms with Crippen LogP contribution in [0.15, 0.2) is 29.2 Å². The fourth-order valence-electron chi connectivity index (χ4n) is 3.77. The van der Waals surface area contributed by atoms with Crippen LogP contribution in [0.3, 0.4) is 0 Å². The van der Waals surface area contributed by atoms with Gasteiger partial charge in [-0.25, -0.2) is 16.8 Å². The standard InChI is InChI=1S/C18H27N3O5S2/c1-15-6-8-16(9-7-15)28(25,26)20-13-11-19(12-14-20)18(22)17-5-3-4-10-21(17)27(2,23)24/h6-9,17H,3-5,10-14H2,1-2H3. The van der Waals surface area contributed by atoms with E-state index < -0.39 is 26.1 Å². The van der Waals surface area contributed by atoms with Crippen molar-refractivity contribution >= 4 is 26.0 Å². The topological polar surface area (TPSA) is 95.1 Å². The molecule has 1 aromatic rings. The van der Waals surface area contributed by atoms with E-state index in [4.69, 9.17) is 0 Å². The van der Waals surface area contributed by atoms with Crippen molar-refractivity contribution in [3.8, 4) is 0 Å². The number of benzene rings is 1. The lowest BCUT2D eigenvalue weighted by molar-refractivity contribution is -0.137. The molecule has 2 heterocycles. The van der Waals surface area contributed by atoms with E-state index in [2.05, 4.69) is 0 Å². The third-order valence-corrected chi connectivity index (χ3v) is 8.58. The average Bonchev–Trinajstić information content (AvgIpc) is 2.67. The fraction of sp³-hybridized carbons (Fsp3) is 0.611. The first-order valence-corrected chi connectivity index (χ1v) is 12.7. The molecule has 10 heteroatoms. The van der Waals surface area contributed by atoms with E-state index >= 15 is 0 Å². The van der Waals surface area contributed by atoms with E-state index in [9.17, 15) is 21.6 Å². The van der Waals surface area contributed by atoms with Crippen molar-refractivity contribution < 1.29 is 21.6 Å². The van der Waals surface area contributed by atoms with E-state index in [1.165, 1.54) is 8.61 Å². The SMILES string of the molecule is Cc1ccc(S(=O)(=O)N2CCN(C(=O)C3CCCCN3S(C)(=O)=O)CC2)cc1. The number of hydrogen-bond donors (Lipinski definition) is 0. The molecule has 0 saturated carbocycles. The Labute approximate surface area is 167 Å². The molecular formula is C18H27N3O5S2. The highest BCUT2D eigenvalue weighted by Crippen LogP contribution is 2.23. The molecule has 1 amide bonds. The summed E-state index contributed by atoms with van der Waals surface area (Å²) in [4.78, 5) is 14.8. The summed E-state index contributed by atoms with van der Waals surface area (Å²) in [5.74, 6) is -0.225. The molecule has 28 heavy (non-hydrogen) atoms. The fourth-order valence-corrected chi connectivity index (χ4v) is 6.31.